The van der Waals surface area contributed by atoms with Gasteiger partial charge in [0.1, 0.15) is 6.20 Å². The SMILES string of the molecule is [c]1cc2c(nn1)-c1ccccc1NCC2. The maximum atomic E-state index is 4.18. The van der Waals surface area contributed by atoms with Gasteiger partial charge in [-0.05, 0) is 24.1 Å². The average Bonchev–Trinajstić information content (AvgIpc) is 2.48. The van der Waals surface area contributed by atoms with Crippen LogP contribution in [0.25, 0.3) is 11.3 Å². The Morgan fingerprint density at radius 2 is 2.20 bits per heavy atom. The van der Waals surface area contributed by atoms with Crippen molar-refractivity contribution in [2.45, 2.75) is 6.42 Å². The van der Waals surface area contributed by atoms with E-state index in [9.17, 15) is 0 Å². The number of aromatic nitrogens is 2. The molecule has 1 aliphatic rings. The van der Waals surface area contributed by atoms with Crippen LogP contribution in [0.2, 0.25) is 0 Å². The van der Waals surface area contributed by atoms with Gasteiger partial charge in [-0.1, -0.05) is 18.2 Å². The van der Waals surface area contributed by atoms with Gasteiger partial charge in [0.05, 0.1) is 5.69 Å². The summed E-state index contributed by atoms with van der Waals surface area (Å²) >= 11 is 0. The second-order valence-corrected chi connectivity index (χ2v) is 3.57. The van der Waals surface area contributed by atoms with E-state index >= 15 is 0 Å². The Morgan fingerprint density at radius 3 is 3.20 bits per heavy atom. The summed E-state index contributed by atoms with van der Waals surface area (Å²) in [6, 6.07) is 10.1. The van der Waals surface area contributed by atoms with Crippen LogP contribution < -0.4 is 5.32 Å². The van der Waals surface area contributed by atoms with Gasteiger partial charge in [-0.25, -0.2) is 0 Å². The van der Waals surface area contributed by atoms with Crippen molar-refractivity contribution in [3.63, 3.8) is 0 Å². The highest BCUT2D eigenvalue weighted by Gasteiger charge is 2.14. The molecule has 0 atom stereocenters. The Balaban J connectivity index is 2.27. The molecule has 15 heavy (non-hydrogen) atoms. The quantitative estimate of drug-likeness (QED) is 0.699. The minimum Gasteiger partial charge on any atom is -0.384 e. The normalized spacial score (nSPS) is 13.3. The molecule has 0 unspecified atom stereocenters. The van der Waals surface area contributed by atoms with Gasteiger partial charge in [-0.3, -0.25) is 0 Å². The lowest BCUT2D eigenvalue weighted by molar-refractivity contribution is 0.968. The molecule has 2 heterocycles. The summed E-state index contributed by atoms with van der Waals surface area (Å²) in [7, 11) is 0. The maximum Gasteiger partial charge on any atom is 0.114 e. The van der Waals surface area contributed by atoms with Crippen LogP contribution in [0.1, 0.15) is 5.56 Å². The summed E-state index contributed by atoms with van der Waals surface area (Å²) in [5, 5.41) is 11.4. The maximum absolute atomic E-state index is 4.18. The second kappa shape index (κ2) is 3.35. The zero-order valence-electron chi connectivity index (χ0n) is 8.20. The van der Waals surface area contributed by atoms with Gasteiger partial charge in [0, 0.05) is 17.8 Å². The van der Waals surface area contributed by atoms with Crippen molar-refractivity contribution in [1.29, 1.82) is 0 Å². The third kappa shape index (κ3) is 1.36. The van der Waals surface area contributed by atoms with Crippen molar-refractivity contribution in [2.24, 2.45) is 0 Å². The van der Waals surface area contributed by atoms with E-state index in [0.29, 0.717) is 0 Å². The monoisotopic (exact) mass is 196 g/mol. The van der Waals surface area contributed by atoms with Crippen LogP contribution in [0, 0.1) is 6.20 Å². The minimum atomic E-state index is 0.934. The molecular formula is C12H10N3. The molecule has 0 fully saturated rings. The molecule has 3 rings (SSSR count). The fourth-order valence-electron chi connectivity index (χ4n) is 1.91. The van der Waals surface area contributed by atoms with E-state index in [0.717, 1.165) is 29.9 Å². The van der Waals surface area contributed by atoms with Gasteiger partial charge >= 0.3 is 0 Å². The van der Waals surface area contributed by atoms with E-state index in [1.54, 1.807) is 0 Å². The molecule has 0 bridgehead atoms. The van der Waals surface area contributed by atoms with Crippen LogP contribution >= 0.6 is 0 Å². The van der Waals surface area contributed by atoms with Crippen LogP contribution in [0.3, 0.4) is 0 Å². The first kappa shape index (κ1) is 8.41. The first-order chi connectivity index (χ1) is 7.45. The molecule has 0 amide bonds. The molecular weight excluding hydrogens is 186 g/mol. The van der Waals surface area contributed by atoms with Crippen molar-refractivity contribution in [1.82, 2.24) is 10.2 Å². The number of hydrogen-bond donors (Lipinski definition) is 1. The van der Waals surface area contributed by atoms with Crippen LogP contribution in [0.4, 0.5) is 5.69 Å². The molecule has 3 nitrogen and oxygen atoms in total. The molecule has 1 aliphatic heterocycles. The largest absolute Gasteiger partial charge is 0.384 e. The van der Waals surface area contributed by atoms with Crippen LogP contribution in [0.5, 0.6) is 0 Å². The first-order valence-electron chi connectivity index (χ1n) is 5.01. The molecule has 1 aromatic heterocycles. The number of fused-ring (bicyclic) bond motifs is 3. The summed E-state index contributed by atoms with van der Waals surface area (Å²) in [5.74, 6) is 0. The van der Waals surface area contributed by atoms with Crippen molar-refractivity contribution in [2.75, 3.05) is 11.9 Å². The molecule has 2 aromatic rings. The van der Waals surface area contributed by atoms with Gasteiger partial charge in [0.25, 0.3) is 0 Å². The summed E-state index contributed by atoms with van der Waals surface area (Å²) in [5.41, 5.74) is 4.46. The number of para-hydroxylation sites is 1. The van der Waals surface area contributed by atoms with E-state index in [4.69, 9.17) is 0 Å². The molecule has 0 saturated heterocycles. The topological polar surface area (TPSA) is 37.8 Å². The van der Waals surface area contributed by atoms with Crippen molar-refractivity contribution in [3.8, 4) is 11.3 Å². The summed E-state index contributed by atoms with van der Waals surface area (Å²) in [6.07, 6.45) is 3.76. The van der Waals surface area contributed by atoms with Gasteiger partial charge < -0.3 is 5.32 Å². The Bertz CT molecular complexity index is 448. The smallest absolute Gasteiger partial charge is 0.114 e. The Labute approximate surface area is 88.2 Å². The van der Waals surface area contributed by atoms with Crippen molar-refractivity contribution in [3.05, 3.63) is 42.1 Å². The lowest BCUT2D eigenvalue weighted by Gasteiger charge is -2.06. The molecule has 1 aromatic carbocycles. The van der Waals surface area contributed by atoms with Gasteiger partial charge in [0.2, 0.25) is 0 Å². The fraction of sp³-hybridized carbons (Fsp3) is 0.167. The van der Waals surface area contributed by atoms with E-state index in [2.05, 4.69) is 33.8 Å². The van der Waals surface area contributed by atoms with Crippen LogP contribution in [-0.2, 0) is 6.42 Å². The Kier molecular flexibility index (Phi) is 1.88. The third-order valence-corrected chi connectivity index (χ3v) is 2.64. The molecule has 73 valence electrons. The molecule has 3 heteroatoms. The lowest BCUT2D eigenvalue weighted by Crippen LogP contribution is -2.02. The minimum absolute atomic E-state index is 0.934. The number of rotatable bonds is 0. The van der Waals surface area contributed by atoms with Crippen LogP contribution in [-0.4, -0.2) is 16.7 Å². The van der Waals surface area contributed by atoms with Crippen molar-refractivity contribution < 1.29 is 0 Å². The summed E-state index contributed by atoms with van der Waals surface area (Å²) in [6.45, 7) is 0.934. The molecule has 1 N–H and O–H groups in total. The highest BCUT2D eigenvalue weighted by atomic mass is 15.1. The van der Waals surface area contributed by atoms with E-state index in [-0.39, 0.29) is 0 Å². The zero-order chi connectivity index (χ0) is 10.1. The molecule has 1 radical (unpaired) electrons. The number of hydrogen-bond acceptors (Lipinski definition) is 3. The predicted molar refractivity (Wildman–Crippen MR) is 58.5 cm³/mol. The lowest BCUT2D eigenvalue weighted by atomic mass is 10.1. The summed E-state index contributed by atoms with van der Waals surface area (Å²) < 4.78 is 0. The molecule has 0 saturated carbocycles. The Hall–Kier alpha value is -1.90. The van der Waals surface area contributed by atoms with E-state index in [1.165, 1.54) is 5.56 Å². The number of nitrogens with zero attached hydrogens (tertiary/aromatic N) is 2. The average molecular weight is 196 g/mol. The van der Waals surface area contributed by atoms with E-state index in [1.807, 2.05) is 18.2 Å². The van der Waals surface area contributed by atoms with Crippen molar-refractivity contribution >= 4 is 5.69 Å². The standard InChI is InChI=1S/C12H10N3/c1-2-4-11-10(3-1)12-9(5-7-13-11)6-8-14-15-12/h1-4,6,13H,5,7H2. The first-order valence-corrected chi connectivity index (χ1v) is 5.01. The highest BCUT2D eigenvalue weighted by Crippen LogP contribution is 2.30. The second-order valence-electron chi connectivity index (χ2n) is 3.57. The van der Waals surface area contributed by atoms with Gasteiger partial charge in [0.15, 0.2) is 0 Å². The fourth-order valence-corrected chi connectivity index (χ4v) is 1.91. The zero-order valence-corrected chi connectivity index (χ0v) is 8.20. The highest BCUT2D eigenvalue weighted by molar-refractivity contribution is 5.78. The molecule has 0 spiro atoms. The Morgan fingerprint density at radius 1 is 1.27 bits per heavy atom. The van der Waals surface area contributed by atoms with Gasteiger partial charge in [-0.2, -0.15) is 0 Å². The molecule has 0 aliphatic carbocycles. The third-order valence-electron chi connectivity index (χ3n) is 2.64. The number of anilines is 1. The van der Waals surface area contributed by atoms with Gasteiger partial charge in [-0.15, -0.1) is 10.2 Å². The number of benzene rings is 1. The summed E-state index contributed by atoms with van der Waals surface area (Å²) in [4.78, 5) is 0. The number of nitrogens with one attached hydrogen (secondary N) is 1. The predicted octanol–water partition coefficient (Wildman–Crippen LogP) is 1.91. The van der Waals surface area contributed by atoms with Crippen LogP contribution in [0.15, 0.2) is 30.3 Å². The van der Waals surface area contributed by atoms with E-state index < -0.39 is 0 Å².